The van der Waals surface area contributed by atoms with Gasteiger partial charge in [0, 0.05) is 32.7 Å². The monoisotopic (exact) mass is 387 g/mol. The van der Waals surface area contributed by atoms with Crippen molar-refractivity contribution in [3.63, 3.8) is 0 Å². The molecule has 0 saturated carbocycles. The second-order valence-corrected chi connectivity index (χ2v) is 7.30. The molecule has 2 aromatic rings. The number of carbonyl (C=O) groups is 1. The van der Waals surface area contributed by atoms with E-state index in [0.717, 1.165) is 35.1 Å². The predicted molar refractivity (Wildman–Crippen MR) is 110 cm³/mol. The molecule has 2 amide bonds. The van der Waals surface area contributed by atoms with Crippen LogP contribution in [0.1, 0.15) is 19.4 Å². The van der Waals surface area contributed by atoms with E-state index < -0.39 is 0 Å². The lowest BCUT2D eigenvalue weighted by molar-refractivity contribution is 0.194. The van der Waals surface area contributed by atoms with Gasteiger partial charge in [-0.1, -0.05) is 35.9 Å². The van der Waals surface area contributed by atoms with Crippen LogP contribution in [0.5, 0.6) is 5.75 Å². The number of rotatable bonds is 5. The van der Waals surface area contributed by atoms with E-state index in [1.54, 1.807) is 0 Å². The Kier molecular flexibility index (Phi) is 6.45. The molecule has 6 heteroatoms. The van der Waals surface area contributed by atoms with Crippen molar-refractivity contribution in [2.45, 2.75) is 26.5 Å². The first-order valence-corrected chi connectivity index (χ1v) is 9.68. The smallest absolute Gasteiger partial charge is 0.317 e. The first-order chi connectivity index (χ1) is 13.0. The minimum absolute atomic E-state index is 0.0312. The summed E-state index contributed by atoms with van der Waals surface area (Å²) in [6.45, 7) is 7.41. The number of anilines is 1. The lowest BCUT2D eigenvalue weighted by Gasteiger charge is -2.36. The molecule has 1 saturated heterocycles. The Hall–Kier alpha value is -2.40. The summed E-state index contributed by atoms with van der Waals surface area (Å²) in [4.78, 5) is 16.5. The highest BCUT2D eigenvalue weighted by Gasteiger charge is 2.22. The molecular weight excluding hydrogens is 362 g/mol. The molecular formula is C21H26ClN3O2. The highest BCUT2D eigenvalue weighted by molar-refractivity contribution is 6.33. The van der Waals surface area contributed by atoms with Crippen LogP contribution in [0, 0.1) is 0 Å². The normalized spacial score (nSPS) is 14.4. The Morgan fingerprint density at radius 1 is 1.07 bits per heavy atom. The van der Waals surface area contributed by atoms with Crippen molar-refractivity contribution >= 4 is 23.3 Å². The molecule has 5 nitrogen and oxygen atoms in total. The van der Waals surface area contributed by atoms with Crippen LogP contribution in [-0.4, -0.2) is 43.2 Å². The van der Waals surface area contributed by atoms with Gasteiger partial charge >= 0.3 is 6.03 Å². The van der Waals surface area contributed by atoms with Gasteiger partial charge in [0.1, 0.15) is 5.75 Å². The first-order valence-electron chi connectivity index (χ1n) is 9.31. The summed E-state index contributed by atoms with van der Waals surface area (Å²) < 4.78 is 5.64. The van der Waals surface area contributed by atoms with Gasteiger partial charge in [-0.25, -0.2) is 4.79 Å². The highest BCUT2D eigenvalue weighted by atomic mass is 35.5. The second-order valence-electron chi connectivity index (χ2n) is 6.89. The lowest BCUT2D eigenvalue weighted by atomic mass is 10.2. The molecule has 0 atom stereocenters. The predicted octanol–water partition coefficient (Wildman–Crippen LogP) is 4.16. The van der Waals surface area contributed by atoms with E-state index in [1.165, 1.54) is 0 Å². The number of benzene rings is 2. The fraction of sp³-hybridized carbons (Fsp3) is 0.381. The molecule has 1 fully saturated rings. The van der Waals surface area contributed by atoms with E-state index >= 15 is 0 Å². The molecule has 0 bridgehead atoms. The molecule has 1 aliphatic rings. The fourth-order valence-corrected chi connectivity index (χ4v) is 3.36. The molecule has 27 heavy (non-hydrogen) atoms. The van der Waals surface area contributed by atoms with Crippen LogP contribution in [-0.2, 0) is 6.54 Å². The molecule has 0 spiro atoms. The summed E-state index contributed by atoms with van der Waals surface area (Å²) >= 11 is 6.27. The number of halogens is 1. The molecule has 1 N–H and O–H groups in total. The SMILES string of the molecule is CC(C)Oc1ccc(CNC(=O)N2CCN(c3ccccc3Cl)CC2)cc1. The third-order valence-corrected chi connectivity index (χ3v) is 4.82. The minimum Gasteiger partial charge on any atom is -0.491 e. The number of para-hydroxylation sites is 1. The van der Waals surface area contributed by atoms with E-state index in [4.69, 9.17) is 16.3 Å². The van der Waals surface area contributed by atoms with Gasteiger partial charge in [-0.2, -0.15) is 0 Å². The third kappa shape index (κ3) is 5.30. The molecule has 1 aliphatic heterocycles. The van der Waals surface area contributed by atoms with Gasteiger partial charge in [0.15, 0.2) is 0 Å². The van der Waals surface area contributed by atoms with Crippen molar-refractivity contribution in [3.8, 4) is 5.75 Å². The zero-order valence-corrected chi connectivity index (χ0v) is 16.6. The number of urea groups is 1. The van der Waals surface area contributed by atoms with Crippen LogP contribution in [0.25, 0.3) is 0 Å². The minimum atomic E-state index is -0.0312. The number of nitrogens with zero attached hydrogens (tertiary/aromatic N) is 2. The standard InChI is InChI=1S/C21H26ClN3O2/c1-16(2)27-18-9-7-17(8-10-18)15-23-21(26)25-13-11-24(12-14-25)20-6-4-3-5-19(20)22/h3-10,16H,11-15H2,1-2H3,(H,23,26). The molecule has 1 heterocycles. The van der Waals surface area contributed by atoms with Gasteiger partial charge in [-0.3, -0.25) is 0 Å². The van der Waals surface area contributed by atoms with Crippen LogP contribution < -0.4 is 15.0 Å². The lowest BCUT2D eigenvalue weighted by Crippen LogP contribution is -2.51. The summed E-state index contributed by atoms with van der Waals surface area (Å²) in [6, 6.07) is 15.6. The van der Waals surface area contributed by atoms with E-state index in [2.05, 4.69) is 10.2 Å². The Labute approximate surface area is 165 Å². The second kappa shape index (κ2) is 9.00. The van der Waals surface area contributed by atoms with E-state index in [-0.39, 0.29) is 12.1 Å². The first kappa shape index (κ1) is 19.4. The molecule has 3 rings (SSSR count). The number of hydrogen-bond donors (Lipinski definition) is 1. The molecule has 0 unspecified atom stereocenters. The number of hydrogen-bond acceptors (Lipinski definition) is 3. The van der Waals surface area contributed by atoms with Gasteiger partial charge in [0.25, 0.3) is 0 Å². The van der Waals surface area contributed by atoms with Gasteiger partial charge in [-0.15, -0.1) is 0 Å². The van der Waals surface area contributed by atoms with E-state index in [9.17, 15) is 4.79 Å². The number of ether oxygens (including phenoxy) is 1. The van der Waals surface area contributed by atoms with Crippen LogP contribution >= 0.6 is 11.6 Å². The van der Waals surface area contributed by atoms with Crippen molar-refractivity contribution in [2.24, 2.45) is 0 Å². The van der Waals surface area contributed by atoms with Crippen molar-refractivity contribution < 1.29 is 9.53 Å². The number of piperazine rings is 1. The van der Waals surface area contributed by atoms with Crippen LogP contribution in [0.3, 0.4) is 0 Å². The van der Waals surface area contributed by atoms with Crippen molar-refractivity contribution in [3.05, 3.63) is 59.1 Å². The largest absolute Gasteiger partial charge is 0.491 e. The summed E-state index contributed by atoms with van der Waals surface area (Å²) in [5.74, 6) is 0.843. The topological polar surface area (TPSA) is 44.8 Å². The van der Waals surface area contributed by atoms with Crippen molar-refractivity contribution in [1.29, 1.82) is 0 Å². The molecule has 0 aromatic heterocycles. The maximum Gasteiger partial charge on any atom is 0.317 e. The summed E-state index contributed by atoms with van der Waals surface area (Å²) in [5.41, 5.74) is 2.08. The van der Waals surface area contributed by atoms with Crippen molar-refractivity contribution in [1.82, 2.24) is 10.2 Å². The number of carbonyl (C=O) groups excluding carboxylic acids is 1. The molecule has 0 aliphatic carbocycles. The average molecular weight is 388 g/mol. The Morgan fingerprint density at radius 3 is 2.37 bits per heavy atom. The number of nitrogens with one attached hydrogen (secondary N) is 1. The van der Waals surface area contributed by atoms with E-state index in [1.807, 2.05) is 67.3 Å². The Balaban J connectivity index is 1.46. The zero-order chi connectivity index (χ0) is 19.2. The molecule has 0 radical (unpaired) electrons. The maximum absolute atomic E-state index is 12.4. The summed E-state index contributed by atoms with van der Waals surface area (Å²) in [6.07, 6.45) is 0.153. The average Bonchev–Trinajstić information content (AvgIpc) is 2.67. The highest BCUT2D eigenvalue weighted by Crippen LogP contribution is 2.26. The molecule has 2 aromatic carbocycles. The van der Waals surface area contributed by atoms with Gasteiger partial charge in [-0.05, 0) is 43.7 Å². The van der Waals surface area contributed by atoms with Gasteiger partial charge in [0.2, 0.25) is 0 Å². The van der Waals surface area contributed by atoms with E-state index in [0.29, 0.717) is 19.6 Å². The third-order valence-electron chi connectivity index (χ3n) is 4.50. The Morgan fingerprint density at radius 2 is 1.74 bits per heavy atom. The Bertz CT molecular complexity index is 756. The van der Waals surface area contributed by atoms with Crippen molar-refractivity contribution in [2.75, 3.05) is 31.1 Å². The van der Waals surface area contributed by atoms with Gasteiger partial charge < -0.3 is 19.9 Å². The van der Waals surface area contributed by atoms with Crippen LogP contribution in [0.15, 0.2) is 48.5 Å². The van der Waals surface area contributed by atoms with Crippen LogP contribution in [0.4, 0.5) is 10.5 Å². The maximum atomic E-state index is 12.4. The van der Waals surface area contributed by atoms with Gasteiger partial charge in [0.05, 0.1) is 16.8 Å². The van der Waals surface area contributed by atoms with Crippen LogP contribution in [0.2, 0.25) is 5.02 Å². The summed E-state index contributed by atoms with van der Waals surface area (Å²) in [7, 11) is 0. The fourth-order valence-electron chi connectivity index (χ4n) is 3.11. The quantitative estimate of drug-likeness (QED) is 0.837. The zero-order valence-electron chi connectivity index (χ0n) is 15.8. The molecule has 144 valence electrons. The number of amides is 2. The summed E-state index contributed by atoms with van der Waals surface area (Å²) in [5, 5.41) is 3.75.